The second-order valence-corrected chi connectivity index (χ2v) is 9.71. The van der Waals surface area contributed by atoms with Crippen molar-refractivity contribution in [2.75, 3.05) is 38.2 Å². The Labute approximate surface area is 243 Å². The molecule has 0 bridgehead atoms. The quantitative estimate of drug-likeness (QED) is 0.290. The number of benzene rings is 4. The standard InChI is InChI=1S/C33H29N3O6/c1-39-24-16-21(17-25(19-24)40-2)14-15-36(33(38)22-8-4-3-5-9-22)31-30(23-12-13-28-29(18-23)42-20-41-28)34-26-10-6-7-11-27(26)35-32(31)37/h3-13,16-19,34H,14-15,20H2,1-2H3,(H,35,37). The van der Waals surface area contributed by atoms with Gasteiger partial charge in [-0.1, -0.05) is 30.3 Å². The molecule has 9 nitrogen and oxygen atoms in total. The largest absolute Gasteiger partial charge is 0.497 e. The topological polar surface area (TPSA) is 98.4 Å². The van der Waals surface area contributed by atoms with Gasteiger partial charge in [0.1, 0.15) is 17.2 Å². The molecule has 2 amide bonds. The van der Waals surface area contributed by atoms with Gasteiger partial charge in [0.05, 0.1) is 31.3 Å². The molecule has 0 fully saturated rings. The predicted molar refractivity (Wildman–Crippen MR) is 159 cm³/mol. The number of nitrogens with zero attached hydrogens (tertiary/aromatic N) is 1. The van der Waals surface area contributed by atoms with Crippen LogP contribution in [0.25, 0.3) is 5.70 Å². The first kappa shape index (κ1) is 26.8. The van der Waals surface area contributed by atoms with Gasteiger partial charge >= 0.3 is 0 Å². The van der Waals surface area contributed by atoms with Gasteiger partial charge in [0.25, 0.3) is 11.8 Å². The summed E-state index contributed by atoms with van der Waals surface area (Å²) in [5, 5.41) is 6.43. The van der Waals surface area contributed by atoms with Gasteiger partial charge < -0.3 is 34.5 Å². The van der Waals surface area contributed by atoms with E-state index in [2.05, 4.69) is 10.6 Å². The molecule has 42 heavy (non-hydrogen) atoms. The van der Waals surface area contributed by atoms with E-state index in [0.29, 0.717) is 57.6 Å². The third kappa shape index (κ3) is 5.32. The highest BCUT2D eigenvalue weighted by molar-refractivity contribution is 6.16. The number of hydrogen-bond donors (Lipinski definition) is 2. The summed E-state index contributed by atoms with van der Waals surface area (Å²) >= 11 is 0. The molecule has 0 spiro atoms. The first-order chi connectivity index (χ1) is 20.5. The van der Waals surface area contributed by atoms with Gasteiger partial charge in [-0.25, -0.2) is 0 Å². The minimum Gasteiger partial charge on any atom is -0.497 e. The van der Waals surface area contributed by atoms with Gasteiger partial charge in [-0.2, -0.15) is 0 Å². The van der Waals surface area contributed by atoms with Gasteiger partial charge in [0.2, 0.25) is 6.79 Å². The van der Waals surface area contributed by atoms with Crippen LogP contribution in [0.15, 0.2) is 96.7 Å². The van der Waals surface area contributed by atoms with E-state index in [4.69, 9.17) is 18.9 Å². The molecule has 0 saturated carbocycles. The average molecular weight is 564 g/mol. The molecule has 212 valence electrons. The van der Waals surface area contributed by atoms with E-state index in [0.717, 1.165) is 5.56 Å². The monoisotopic (exact) mass is 563 g/mol. The highest BCUT2D eigenvalue weighted by Crippen LogP contribution is 2.38. The Kier molecular flexibility index (Phi) is 7.38. The van der Waals surface area contributed by atoms with E-state index in [9.17, 15) is 9.59 Å². The van der Waals surface area contributed by atoms with Crippen LogP contribution < -0.4 is 29.6 Å². The van der Waals surface area contributed by atoms with Crippen LogP contribution in [-0.2, 0) is 11.2 Å². The molecule has 0 unspecified atom stereocenters. The smallest absolute Gasteiger partial charge is 0.274 e. The number of rotatable bonds is 8. The Hall–Kier alpha value is -5.44. The molecule has 2 aliphatic heterocycles. The molecule has 6 rings (SSSR count). The zero-order valence-electron chi connectivity index (χ0n) is 23.2. The third-order valence-corrected chi connectivity index (χ3v) is 7.12. The molecule has 0 radical (unpaired) electrons. The van der Waals surface area contributed by atoms with E-state index in [1.807, 2.05) is 54.6 Å². The van der Waals surface area contributed by atoms with Gasteiger partial charge in [-0.15, -0.1) is 0 Å². The first-order valence-electron chi connectivity index (χ1n) is 13.4. The van der Waals surface area contributed by atoms with E-state index >= 15 is 0 Å². The average Bonchev–Trinajstić information content (AvgIpc) is 3.45. The number of amides is 2. The van der Waals surface area contributed by atoms with Crippen molar-refractivity contribution in [3.8, 4) is 23.0 Å². The fourth-order valence-electron chi connectivity index (χ4n) is 5.01. The third-order valence-electron chi connectivity index (χ3n) is 7.12. The normalized spacial score (nSPS) is 13.4. The van der Waals surface area contributed by atoms with Crippen molar-refractivity contribution in [2.45, 2.75) is 6.42 Å². The lowest BCUT2D eigenvalue weighted by molar-refractivity contribution is -0.114. The number of methoxy groups -OCH3 is 2. The Morgan fingerprint density at radius 1 is 0.810 bits per heavy atom. The van der Waals surface area contributed by atoms with E-state index in [1.54, 1.807) is 50.6 Å². The fourth-order valence-corrected chi connectivity index (χ4v) is 5.01. The van der Waals surface area contributed by atoms with Crippen LogP contribution in [-0.4, -0.2) is 44.3 Å². The molecule has 9 heteroatoms. The van der Waals surface area contributed by atoms with Gasteiger partial charge in [-0.3, -0.25) is 9.59 Å². The summed E-state index contributed by atoms with van der Waals surface area (Å²) in [6.45, 7) is 0.308. The highest BCUT2D eigenvalue weighted by Gasteiger charge is 2.32. The SMILES string of the molecule is COc1cc(CCN(C(=O)c2ccccc2)C2=C(c3ccc4c(c3)OCO4)Nc3ccccc3NC2=O)cc(OC)c1. The number of carbonyl (C=O) groups is 2. The van der Waals surface area contributed by atoms with Gasteiger partial charge in [0, 0.05) is 23.7 Å². The maximum absolute atomic E-state index is 14.2. The molecule has 0 atom stereocenters. The number of nitrogens with one attached hydrogen (secondary N) is 2. The van der Waals surface area contributed by atoms with Crippen LogP contribution in [0.1, 0.15) is 21.5 Å². The Balaban J connectivity index is 1.49. The second-order valence-electron chi connectivity index (χ2n) is 9.71. The molecule has 2 aliphatic rings. The molecular weight excluding hydrogens is 534 g/mol. The van der Waals surface area contributed by atoms with Crippen molar-refractivity contribution in [1.29, 1.82) is 0 Å². The maximum atomic E-state index is 14.2. The van der Waals surface area contributed by atoms with Crippen LogP contribution in [0.5, 0.6) is 23.0 Å². The summed E-state index contributed by atoms with van der Waals surface area (Å²) in [4.78, 5) is 29.8. The molecular formula is C33H29N3O6. The molecule has 4 aromatic carbocycles. The van der Waals surface area contributed by atoms with Crippen LogP contribution in [0.4, 0.5) is 11.4 Å². The summed E-state index contributed by atoms with van der Waals surface area (Å²) in [6.07, 6.45) is 0.421. The number of ether oxygens (including phenoxy) is 4. The lowest BCUT2D eigenvalue weighted by atomic mass is 10.1. The summed E-state index contributed by atoms with van der Waals surface area (Å²) in [7, 11) is 3.18. The van der Waals surface area contributed by atoms with Crippen LogP contribution in [0, 0.1) is 0 Å². The molecule has 0 aliphatic carbocycles. The summed E-state index contributed by atoms with van der Waals surface area (Å²) in [6, 6.07) is 27.3. The van der Waals surface area contributed by atoms with Gasteiger partial charge in [-0.05, 0) is 66.6 Å². The summed E-state index contributed by atoms with van der Waals surface area (Å²) in [5.74, 6) is 1.70. The molecule has 2 N–H and O–H groups in total. The number of carbonyl (C=O) groups excluding carboxylic acids is 2. The second kappa shape index (κ2) is 11.6. The molecule has 4 aromatic rings. The van der Waals surface area contributed by atoms with Crippen molar-refractivity contribution in [2.24, 2.45) is 0 Å². The molecule has 0 aromatic heterocycles. The van der Waals surface area contributed by atoms with Crippen molar-refractivity contribution < 1.29 is 28.5 Å². The Morgan fingerprint density at radius 2 is 1.48 bits per heavy atom. The first-order valence-corrected chi connectivity index (χ1v) is 13.4. The van der Waals surface area contributed by atoms with Crippen molar-refractivity contribution in [1.82, 2.24) is 4.90 Å². The summed E-state index contributed by atoms with van der Waals surface area (Å²) < 4.78 is 22.1. The van der Waals surface area contributed by atoms with Crippen molar-refractivity contribution in [3.63, 3.8) is 0 Å². The number of anilines is 2. The minimum absolute atomic E-state index is 0.115. The molecule has 2 heterocycles. The lowest BCUT2D eigenvalue weighted by Crippen LogP contribution is -2.38. The van der Waals surface area contributed by atoms with Gasteiger partial charge in [0.15, 0.2) is 11.5 Å². The number of para-hydroxylation sites is 2. The van der Waals surface area contributed by atoms with Crippen LogP contribution in [0.2, 0.25) is 0 Å². The van der Waals surface area contributed by atoms with Crippen molar-refractivity contribution >= 4 is 28.9 Å². The van der Waals surface area contributed by atoms with E-state index in [-0.39, 0.29) is 24.9 Å². The molecule has 0 saturated heterocycles. The maximum Gasteiger partial charge on any atom is 0.274 e. The Morgan fingerprint density at radius 3 is 2.19 bits per heavy atom. The van der Waals surface area contributed by atoms with Crippen molar-refractivity contribution in [3.05, 3.63) is 113 Å². The lowest BCUT2D eigenvalue weighted by Gasteiger charge is -2.27. The zero-order chi connectivity index (χ0) is 29.1. The predicted octanol–water partition coefficient (Wildman–Crippen LogP) is 5.55. The summed E-state index contributed by atoms with van der Waals surface area (Å²) in [5.41, 5.74) is 3.92. The van der Waals surface area contributed by atoms with E-state index in [1.165, 1.54) is 4.90 Å². The highest BCUT2D eigenvalue weighted by atomic mass is 16.7. The number of fused-ring (bicyclic) bond motifs is 2. The zero-order valence-corrected chi connectivity index (χ0v) is 23.2. The van der Waals surface area contributed by atoms with Crippen LogP contribution >= 0.6 is 0 Å². The Bertz CT molecular complexity index is 1660. The fraction of sp³-hybridized carbons (Fsp3) is 0.152. The number of hydrogen-bond acceptors (Lipinski definition) is 7. The van der Waals surface area contributed by atoms with Crippen LogP contribution in [0.3, 0.4) is 0 Å². The van der Waals surface area contributed by atoms with E-state index < -0.39 is 5.91 Å². The minimum atomic E-state index is -0.423.